The van der Waals surface area contributed by atoms with Crippen molar-refractivity contribution in [2.75, 3.05) is 0 Å². The van der Waals surface area contributed by atoms with E-state index in [4.69, 9.17) is 11.6 Å². The molecule has 0 bridgehead atoms. The van der Waals surface area contributed by atoms with Crippen LogP contribution in [0.1, 0.15) is 12.8 Å². The van der Waals surface area contributed by atoms with E-state index in [1.165, 1.54) is 4.68 Å². The molecule has 76 valence electrons. The second-order valence-electron chi connectivity index (χ2n) is 3.46. The SMILES string of the molecule is O=[N+]([O-])c1cnn(CC2(O)CC2)c1Cl. The molecule has 0 unspecified atom stereocenters. The molecule has 14 heavy (non-hydrogen) atoms. The van der Waals surface area contributed by atoms with Gasteiger partial charge in [0.2, 0.25) is 5.15 Å². The van der Waals surface area contributed by atoms with Gasteiger partial charge in [0, 0.05) is 0 Å². The van der Waals surface area contributed by atoms with Crippen molar-refractivity contribution < 1.29 is 10.0 Å². The fourth-order valence-corrected chi connectivity index (χ4v) is 1.40. The zero-order chi connectivity index (χ0) is 10.3. The predicted octanol–water partition coefficient (Wildman–Crippen LogP) is 0.970. The van der Waals surface area contributed by atoms with Crippen LogP contribution in [-0.2, 0) is 6.54 Å². The van der Waals surface area contributed by atoms with E-state index in [1.807, 2.05) is 0 Å². The van der Waals surface area contributed by atoms with Crippen LogP contribution in [-0.4, -0.2) is 25.4 Å². The van der Waals surface area contributed by atoms with Crippen molar-refractivity contribution in [1.82, 2.24) is 9.78 Å². The Hall–Kier alpha value is -1.14. The van der Waals surface area contributed by atoms with Crippen molar-refractivity contribution in [3.63, 3.8) is 0 Å². The summed E-state index contributed by atoms with van der Waals surface area (Å²) in [4.78, 5) is 9.83. The lowest BCUT2D eigenvalue weighted by molar-refractivity contribution is -0.384. The number of aliphatic hydroxyl groups is 1. The van der Waals surface area contributed by atoms with Crippen LogP contribution in [0.15, 0.2) is 6.20 Å². The fourth-order valence-electron chi connectivity index (χ4n) is 1.17. The van der Waals surface area contributed by atoms with Crippen LogP contribution in [0.2, 0.25) is 5.15 Å². The number of hydrogen-bond acceptors (Lipinski definition) is 4. The monoisotopic (exact) mass is 217 g/mol. The van der Waals surface area contributed by atoms with E-state index in [2.05, 4.69) is 5.10 Å². The van der Waals surface area contributed by atoms with Crippen molar-refractivity contribution in [1.29, 1.82) is 0 Å². The predicted molar refractivity (Wildman–Crippen MR) is 48.1 cm³/mol. The van der Waals surface area contributed by atoms with Gasteiger partial charge in [-0.05, 0) is 12.8 Å². The molecule has 0 amide bonds. The highest BCUT2D eigenvalue weighted by Gasteiger charge is 2.41. The Morgan fingerprint density at radius 2 is 2.43 bits per heavy atom. The molecule has 1 aromatic rings. The Kier molecular flexibility index (Phi) is 1.97. The summed E-state index contributed by atoms with van der Waals surface area (Å²) in [5.74, 6) is 0. The first-order valence-corrected chi connectivity index (χ1v) is 4.48. The standard InChI is InChI=1S/C7H8ClN3O3/c8-6-5(11(13)14)3-9-10(6)4-7(12)1-2-7/h3,12H,1-2,4H2. The first-order valence-electron chi connectivity index (χ1n) is 4.10. The largest absolute Gasteiger partial charge is 0.388 e. The molecule has 1 heterocycles. The molecule has 1 saturated carbocycles. The minimum atomic E-state index is -0.760. The van der Waals surface area contributed by atoms with E-state index in [0.717, 1.165) is 6.20 Å². The summed E-state index contributed by atoms with van der Waals surface area (Å²) < 4.78 is 1.26. The highest BCUT2D eigenvalue weighted by Crippen LogP contribution is 2.37. The van der Waals surface area contributed by atoms with E-state index in [0.29, 0.717) is 12.8 Å². The van der Waals surface area contributed by atoms with Crippen LogP contribution < -0.4 is 0 Å². The molecular weight excluding hydrogens is 210 g/mol. The van der Waals surface area contributed by atoms with Gasteiger partial charge in [-0.1, -0.05) is 11.6 Å². The number of nitrogens with zero attached hydrogens (tertiary/aromatic N) is 3. The molecule has 0 atom stereocenters. The third-order valence-electron chi connectivity index (χ3n) is 2.23. The number of halogens is 1. The van der Waals surface area contributed by atoms with Gasteiger partial charge in [0.25, 0.3) is 0 Å². The normalized spacial score (nSPS) is 18.1. The lowest BCUT2D eigenvalue weighted by atomic mass is 10.3. The highest BCUT2D eigenvalue weighted by atomic mass is 35.5. The number of aromatic nitrogens is 2. The molecule has 6 nitrogen and oxygen atoms in total. The zero-order valence-electron chi connectivity index (χ0n) is 7.18. The quantitative estimate of drug-likeness (QED) is 0.604. The summed E-state index contributed by atoms with van der Waals surface area (Å²) in [6.45, 7) is 0.222. The molecule has 2 rings (SSSR count). The Morgan fingerprint density at radius 1 is 1.79 bits per heavy atom. The first-order chi connectivity index (χ1) is 6.52. The molecule has 1 N–H and O–H groups in total. The molecule has 0 spiro atoms. The van der Waals surface area contributed by atoms with Crippen LogP contribution in [0.3, 0.4) is 0 Å². The number of rotatable bonds is 3. The first kappa shape index (κ1) is 9.42. The van der Waals surface area contributed by atoms with Gasteiger partial charge in [-0.3, -0.25) is 10.1 Å². The average molecular weight is 218 g/mol. The lowest BCUT2D eigenvalue weighted by Crippen LogP contribution is -2.17. The summed E-state index contributed by atoms with van der Waals surface area (Å²) in [5, 5.41) is 23.7. The van der Waals surface area contributed by atoms with Gasteiger partial charge in [0.15, 0.2) is 0 Å². The third-order valence-corrected chi connectivity index (χ3v) is 2.61. The highest BCUT2D eigenvalue weighted by molar-refractivity contribution is 6.31. The molecular formula is C7H8ClN3O3. The molecule has 1 aliphatic rings. The molecule has 1 aromatic heterocycles. The van der Waals surface area contributed by atoms with E-state index < -0.39 is 10.5 Å². The molecule has 1 aliphatic carbocycles. The van der Waals surface area contributed by atoms with Crippen molar-refractivity contribution in [2.45, 2.75) is 25.0 Å². The summed E-state index contributed by atoms with van der Waals surface area (Å²) in [6, 6.07) is 0. The van der Waals surface area contributed by atoms with E-state index in [-0.39, 0.29) is 17.4 Å². The summed E-state index contributed by atoms with van der Waals surface area (Å²) >= 11 is 5.70. The van der Waals surface area contributed by atoms with Gasteiger partial charge in [0.05, 0.1) is 17.1 Å². The molecule has 0 saturated heterocycles. The number of nitro groups is 1. The molecule has 0 aliphatic heterocycles. The van der Waals surface area contributed by atoms with Gasteiger partial charge < -0.3 is 5.11 Å². The van der Waals surface area contributed by atoms with Gasteiger partial charge in [-0.15, -0.1) is 0 Å². The van der Waals surface area contributed by atoms with Gasteiger partial charge in [-0.25, -0.2) is 4.68 Å². The Morgan fingerprint density at radius 3 is 2.86 bits per heavy atom. The Balaban J connectivity index is 2.22. The van der Waals surface area contributed by atoms with Crippen molar-refractivity contribution in [2.24, 2.45) is 0 Å². The van der Waals surface area contributed by atoms with Crippen molar-refractivity contribution >= 4 is 17.3 Å². The smallest absolute Gasteiger partial charge is 0.325 e. The maximum atomic E-state index is 10.4. The van der Waals surface area contributed by atoms with E-state index >= 15 is 0 Å². The maximum Gasteiger partial charge on any atom is 0.325 e. The lowest BCUT2D eigenvalue weighted by Gasteiger charge is -2.07. The maximum absolute atomic E-state index is 10.4. The average Bonchev–Trinajstić information content (AvgIpc) is 2.70. The Bertz CT molecular complexity index is 386. The van der Waals surface area contributed by atoms with Crippen LogP contribution in [0.25, 0.3) is 0 Å². The van der Waals surface area contributed by atoms with Crippen molar-refractivity contribution in [3.05, 3.63) is 21.5 Å². The van der Waals surface area contributed by atoms with Crippen molar-refractivity contribution in [3.8, 4) is 0 Å². The van der Waals surface area contributed by atoms with Gasteiger partial charge in [0.1, 0.15) is 6.20 Å². The van der Waals surface area contributed by atoms with Crippen LogP contribution in [0.5, 0.6) is 0 Å². The second-order valence-corrected chi connectivity index (χ2v) is 3.82. The molecule has 0 aromatic carbocycles. The Labute approximate surface area is 84.2 Å². The minimum Gasteiger partial charge on any atom is -0.388 e. The summed E-state index contributed by atoms with van der Waals surface area (Å²) in [6.07, 6.45) is 2.47. The third kappa shape index (κ3) is 1.58. The van der Waals surface area contributed by atoms with Crippen LogP contribution >= 0.6 is 11.6 Å². The molecule has 0 radical (unpaired) electrons. The fraction of sp³-hybridized carbons (Fsp3) is 0.571. The van der Waals surface area contributed by atoms with Gasteiger partial charge >= 0.3 is 5.69 Å². The molecule has 7 heteroatoms. The van der Waals surface area contributed by atoms with E-state index in [1.54, 1.807) is 0 Å². The minimum absolute atomic E-state index is 0.0321. The van der Waals surface area contributed by atoms with E-state index in [9.17, 15) is 15.2 Å². The second kappa shape index (κ2) is 2.93. The summed E-state index contributed by atoms with van der Waals surface area (Å²) in [5.41, 5.74) is -0.986. The number of hydrogen-bond donors (Lipinski definition) is 1. The molecule has 1 fully saturated rings. The van der Waals surface area contributed by atoms with Gasteiger partial charge in [-0.2, -0.15) is 5.10 Å². The van der Waals surface area contributed by atoms with Crippen LogP contribution in [0.4, 0.5) is 5.69 Å². The summed E-state index contributed by atoms with van der Waals surface area (Å²) in [7, 11) is 0. The topological polar surface area (TPSA) is 81.2 Å². The zero-order valence-corrected chi connectivity index (χ0v) is 7.94. The van der Waals surface area contributed by atoms with Crippen LogP contribution in [0, 0.1) is 10.1 Å².